The third-order valence-corrected chi connectivity index (χ3v) is 6.08. The predicted octanol–water partition coefficient (Wildman–Crippen LogP) is 3.98. The lowest BCUT2D eigenvalue weighted by Gasteiger charge is -2.18. The van der Waals surface area contributed by atoms with Crippen molar-refractivity contribution in [1.29, 1.82) is 0 Å². The van der Waals surface area contributed by atoms with E-state index in [1.54, 1.807) is 22.7 Å². The molecule has 22 heavy (non-hydrogen) atoms. The molecule has 2 heterocycles. The van der Waals surface area contributed by atoms with Gasteiger partial charge in [-0.2, -0.15) is 0 Å². The minimum atomic E-state index is -0.637. The Morgan fingerprint density at radius 1 is 1.32 bits per heavy atom. The number of hydrogen-bond donors (Lipinski definition) is 2. The van der Waals surface area contributed by atoms with Crippen LogP contribution in [0.15, 0.2) is 41.8 Å². The second-order valence-corrected chi connectivity index (χ2v) is 7.48. The zero-order chi connectivity index (χ0) is 15.4. The average molecular weight is 333 g/mol. The van der Waals surface area contributed by atoms with Gasteiger partial charge in [0.2, 0.25) is 5.91 Å². The monoisotopic (exact) mass is 333 g/mol. The van der Waals surface area contributed by atoms with Gasteiger partial charge in [-0.25, -0.2) is 0 Å². The number of hydrogen-bond acceptors (Lipinski definition) is 4. The molecule has 0 saturated carbocycles. The Hall–Kier alpha value is -1.43. The van der Waals surface area contributed by atoms with Crippen molar-refractivity contribution in [2.75, 3.05) is 6.54 Å². The van der Waals surface area contributed by atoms with E-state index in [9.17, 15) is 9.90 Å². The van der Waals surface area contributed by atoms with Crippen LogP contribution >= 0.6 is 22.7 Å². The molecule has 3 rings (SSSR count). The summed E-state index contributed by atoms with van der Waals surface area (Å²) in [6, 6.07) is 8.07. The standard InChI is InChI=1S/C17H19NO2S2/c19-13(11-18-17(20)12-5-2-1-3-6-12)14-8-9-16(22-14)15-7-4-10-21-15/h1-2,4,7-10,12-13,19H,3,5-6,11H2,(H,18,20). The lowest BCUT2D eigenvalue weighted by molar-refractivity contribution is -0.125. The van der Waals surface area contributed by atoms with Crippen LogP contribution in [0.4, 0.5) is 0 Å². The zero-order valence-electron chi connectivity index (χ0n) is 12.2. The summed E-state index contributed by atoms with van der Waals surface area (Å²) < 4.78 is 0. The van der Waals surface area contributed by atoms with Gasteiger partial charge in [-0.3, -0.25) is 4.79 Å². The third kappa shape index (κ3) is 3.66. The second kappa shape index (κ2) is 7.22. The summed E-state index contributed by atoms with van der Waals surface area (Å²) in [6.07, 6.45) is 6.23. The largest absolute Gasteiger partial charge is 0.386 e. The lowest BCUT2D eigenvalue weighted by atomic mass is 9.93. The van der Waals surface area contributed by atoms with Crippen LogP contribution in [0.3, 0.4) is 0 Å². The summed E-state index contributed by atoms with van der Waals surface area (Å²) in [6.45, 7) is 0.281. The maximum absolute atomic E-state index is 12.1. The molecule has 5 heteroatoms. The van der Waals surface area contributed by atoms with E-state index in [2.05, 4.69) is 23.5 Å². The van der Waals surface area contributed by atoms with Crippen molar-refractivity contribution >= 4 is 28.6 Å². The number of amides is 1. The lowest BCUT2D eigenvalue weighted by Crippen LogP contribution is -2.34. The molecule has 1 amide bonds. The van der Waals surface area contributed by atoms with E-state index in [4.69, 9.17) is 0 Å². The molecule has 116 valence electrons. The first-order valence-electron chi connectivity index (χ1n) is 7.48. The quantitative estimate of drug-likeness (QED) is 0.813. The van der Waals surface area contributed by atoms with Gasteiger partial charge in [0.25, 0.3) is 0 Å². The van der Waals surface area contributed by atoms with E-state index in [1.807, 2.05) is 23.6 Å². The van der Waals surface area contributed by atoms with Gasteiger partial charge >= 0.3 is 0 Å². The summed E-state index contributed by atoms with van der Waals surface area (Å²) in [5.74, 6) is 0.112. The zero-order valence-corrected chi connectivity index (χ0v) is 13.8. The number of carbonyl (C=O) groups is 1. The van der Waals surface area contributed by atoms with Gasteiger partial charge in [0.05, 0.1) is 0 Å². The van der Waals surface area contributed by atoms with Gasteiger partial charge in [-0.1, -0.05) is 18.2 Å². The Labute approximate surface area is 138 Å². The van der Waals surface area contributed by atoms with Crippen molar-refractivity contribution in [3.63, 3.8) is 0 Å². The smallest absolute Gasteiger partial charge is 0.223 e. The van der Waals surface area contributed by atoms with Crippen LogP contribution in [0.25, 0.3) is 9.75 Å². The molecule has 0 saturated heterocycles. The summed E-state index contributed by atoms with van der Waals surface area (Å²) in [4.78, 5) is 15.3. The minimum Gasteiger partial charge on any atom is -0.386 e. The molecule has 1 aliphatic rings. The van der Waals surface area contributed by atoms with Crippen molar-refractivity contribution in [2.24, 2.45) is 5.92 Å². The van der Waals surface area contributed by atoms with Crippen LogP contribution in [-0.4, -0.2) is 17.6 Å². The molecule has 3 nitrogen and oxygen atoms in total. The van der Waals surface area contributed by atoms with Crippen LogP contribution < -0.4 is 5.32 Å². The first-order chi connectivity index (χ1) is 10.7. The number of rotatable bonds is 5. The molecule has 0 fully saturated rings. The molecule has 1 aliphatic carbocycles. The molecule has 0 aromatic carbocycles. The van der Waals surface area contributed by atoms with E-state index in [0.717, 1.165) is 29.0 Å². The Morgan fingerprint density at radius 3 is 2.95 bits per heavy atom. The molecular weight excluding hydrogens is 314 g/mol. The molecule has 0 radical (unpaired) electrons. The van der Waals surface area contributed by atoms with Gasteiger partial charge in [-0.15, -0.1) is 22.7 Å². The van der Waals surface area contributed by atoms with Gasteiger partial charge in [0.1, 0.15) is 6.10 Å². The molecule has 2 aromatic heterocycles. The molecule has 2 atom stereocenters. The maximum Gasteiger partial charge on any atom is 0.223 e. The van der Waals surface area contributed by atoms with Crippen molar-refractivity contribution in [3.8, 4) is 9.75 Å². The highest BCUT2D eigenvalue weighted by Crippen LogP contribution is 2.33. The molecule has 2 aromatic rings. The highest BCUT2D eigenvalue weighted by Gasteiger charge is 2.20. The average Bonchev–Trinajstić information content (AvgIpc) is 3.23. The summed E-state index contributed by atoms with van der Waals surface area (Å²) in [7, 11) is 0. The van der Waals surface area contributed by atoms with Crippen LogP contribution in [0.1, 0.15) is 30.2 Å². The molecule has 2 N–H and O–H groups in total. The molecule has 0 spiro atoms. The van der Waals surface area contributed by atoms with Crippen molar-refractivity contribution in [2.45, 2.75) is 25.4 Å². The predicted molar refractivity (Wildman–Crippen MR) is 92.1 cm³/mol. The van der Waals surface area contributed by atoms with Crippen LogP contribution in [0.5, 0.6) is 0 Å². The number of nitrogens with one attached hydrogen (secondary N) is 1. The fourth-order valence-electron chi connectivity index (χ4n) is 2.56. The van der Waals surface area contributed by atoms with Gasteiger partial charge in [0, 0.05) is 27.1 Å². The highest BCUT2D eigenvalue weighted by molar-refractivity contribution is 7.21. The molecule has 0 aliphatic heterocycles. The normalized spacial score (nSPS) is 19.0. The van der Waals surface area contributed by atoms with Gasteiger partial charge < -0.3 is 10.4 Å². The topological polar surface area (TPSA) is 49.3 Å². The Morgan fingerprint density at radius 2 is 2.23 bits per heavy atom. The number of aliphatic hydroxyl groups excluding tert-OH is 1. The number of aliphatic hydroxyl groups is 1. The maximum atomic E-state index is 12.1. The minimum absolute atomic E-state index is 0.0541. The van der Waals surface area contributed by atoms with Gasteiger partial charge in [0.15, 0.2) is 0 Å². The van der Waals surface area contributed by atoms with E-state index >= 15 is 0 Å². The third-order valence-electron chi connectivity index (χ3n) is 3.83. The van der Waals surface area contributed by atoms with Crippen molar-refractivity contribution in [3.05, 3.63) is 46.7 Å². The van der Waals surface area contributed by atoms with Crippen LogP contribution in [0.2, 0.25) is 0 Å². The fraction of sp³-hybridized carbons (Fsp3) is 0.353. The number of allylic oxidation sites excluding steroid dienone is 2. The molecular formula is C17H19NO2S2. The van der Waals surface area contributed by atoms with Crippen molar-refractivity contribution in [1.82, 2.24) is 5.32 Å². The van der Waals surface area contributed by atoms with E-state index in [1.165, 1.54) is 4.88 Å². The fourth-order valence-corrected chi connectivity index (χ4v) is 4.39. The summed E-state index contributed by atoms with van der Waals surface area (Å²) >= 11 is 3.27. The number of carbonyl (C=O) groups excluding carboxylic acids is 1. The number of thiophene rings is 2. The highest BCUT2D eigenvalue weighted by atomic mass is 32.1. The summed E-state index contributed by atoms with van der Waals surface area (Å²) in [5, 5.41) is 15.2. The van der Waals surface area contributed by atoms with Crippen LogP contribution in [0, 0.1) is 5.92 Å². The first-order valence-corrected chi connectivity index (χ1v) is 9.18. The molecule has 2 unspecified atom stereocenters. The van der Waals surface area contributed by atoms with E-state index in [0.29, 0.717) is 0 Å². The Kier molecular flexibility index (Phi) is 5.08. The van der Waals surface area contributed by atoms with E-state index < -0.39 is 6.10 Å². The van der Waals surface area contributed by atoms with Gasteiger partial charge in [-0.05, 0) is 42.8 Å². The SMILES string of the molecule is O=C(NCC(O)c1ccc(-c2cccs2)s1)C1CC=CCC1. The molecule has 0 bridgehead atoms. The van der Waals surface area contributed by atoms with Crippen LogP contribution in [-0.2, 0) is 4.79 Å². The summed E-state index contributed by atoms with van der Waals surface area (Å²) in [5.41, 5.74) is 0. The second-order valence-electron chi connectivity index (χ2n) is 5.42. The van der Waals surface area contributed by atoms with E-state index in [-0.39, 0.29) is 18.4 Å². The van der Waals surface area contributed by atoms with Crippen molar-refractivity contribution < 1.29 is 9.90 Å². The Bertz CT molecular complexity index is 645. The first kappa shape index (κ1) is 15.5. The Balaban J connectivity index is 1.54.